The van der Waals surface area contributed by atoms with Crippen LogP contribution in [0.3, 0.4) is 0 Å². The molecule has 2 fully saturated rings. The van der Waals surface area contributed by atoms with Crippen molar-refractivity contribution in [1.29, 1.82) is 0 Å². The summed E-state index contributed by atoms with van der Waals surface area (Å²) in [6.07, 6.45) is 4.25. The van der Waals surface area contributed by atoms with Gasteiger partial charge >= 0.3 is 0 Å². The number of hydrogen-bond acceptors (Lipinski definition) is 4. The number of pyridine rings is 1. The fourth-order valence-electron chi connectivity index (χ4n) is 5.29. The molecule has 1 saturated heterocycles. The van der Waals surface area contributed by atoms with Crippen molar-refractivity contribution in [1.82, 2.24) is 14.8 Å². The van der Waals surface area contributed by atoms with E-state index in [1.165, 1.54) is 22.9 Å². The smallest absolute Gasteiger partial charge is 0.275 e. The van der Waals surface area contributed by atoms with E-state index in [2.05, 4.69) is 5.32 Å². The molecule has 0 unspecified atom stereocenters. The van der Waals surface area contributed by atoms with E-state index in [1.54, 1.807) is 11.8 Å². The van der Waals surface area contributed by atoms with Crippen molar-refractivity contribution in [3.8, 4) is 5.75 Å². The molecule has 3 aliphatic rings. The number of benzene rings is 1. The van der Waals surface area contributed by atoms with Crippen molar-refractivity contribution in [3.63, 3.8) is 0 Å². The molecule has 9 heteroatoms. The average molecular weight is 446 g/mol. The lowest BCUT2D eigenvalue weighted by molar-refractivity contribution is 0.0482. The fourth-order valence-corrected chi connectivity index (χ4v) is 5.50. The highest BCUT2D eigenvalue weighted by Crippen LogP contribution is 2.45. The molecule has 1 aromatic heterocycles. The lowest BCUT2D eigenvalue weighted by Gasteiger charge is -2.40. The first-order valence-corrected chi connectivity index (χ1v) is 10.7. The van der Waals surface area contributed by atoms with Crippen LogP contribution in [0.4, 0.5) is 4.39 Å². The van der Waals surface area contributed by atoms with Gasteiger partial charge in [0.05, 0.1) is 6.04 Å². The molecule has 3 atom stereocenters. The average Bonchev–Trinajstić information content (AvgIpc) is 3.35. The highest BCUT2D eigenvalue weighted by atomic mass is 35.5. The van der Waals surface area contributed by atoms with Gasteiger partial charge in [-0.25, -0.2) is 4.39 Å². The van der Waals surface area contributed by atoms with Gasteiger partial charge in [0.15, 0.2) is 11.4 Å². The van der Waals surface area contributed by atoms with Crippen LogP contribution in [0, 0.1) is 18.7 Å². The Kier molecular flexibility index (Phi) is 4.58. The van der Waals surface area contributed by atoms with Crippen LogP contribution in [0.5, 0.6) is 5.75 Å². The molecule has 2 aliphatic heterocycles. The number of aryl methyl sites for hydroxylation is 1. The molecule has 31 heavy (non-hydrogen) atoms. The normalized spacial score (nSPS) is 23.6. The van der Waals surface area contributed by atoms with E-state index in [1.807, 2.05) is 0 Å². The number of aromatic hydroxyl groups is 1. The number of halogens is 2. The van der Waals surface area contributed by atoms with Crippen LogP contribution in [-0.4, -0.2) is 38.5 Å². The maximum absolute atomic E-state index is 14.3. The number of hydrogen-bond donors (Lipinski definition) is 2. The van der Waals surface area contributed by atoms with Crippen molar-refractivity contribution < 1.29 is 19.1 Å². The second kappa shape index (κ2) is 7.09. The van der Waals surface area contributed by atoms with Crippen LogP contribution >= 0.6 is 11.6 Å². The Hall–Kier alpha value is -2.87. The summed E-state index contributed by atoms with van der Waals surface area (Å²) in [5.74, 6) is -1.99. The zero-order chi connectivity index (χ0) is 22.0. The number of amides is 2. The third kappa shape index (κ3) is 2.96. The second-order valence-electron chi connectivity index (χ2n) is 8.57. The maximum Gasteiger partial charge on any atom is 0.275 e. The van der Waals surface area contributed by atoms with E-state index in [4.69, 9.17) is 11.6 Å². The van der Waals surface area contributed by atoms with Gasteiger partial charge in [0.25, 0.3) is 11.8 Å². The molecule has 0 spiro atoms. The number of nitrogens with one attached hydrogen (secondary N) is 1. The minimum atomic E-state index is -0.921. The van der Waals surface area contributed by atoms with Crippen LogP contribution in [0.15, 0.2) is 23.1 Å². The molecule has 1 saturated carbocycles. The lowest BCUT2D eigenvalue weighted by atomic mass is 9.95. The molecular weight excluding hydrogens is 425 g/mol. The van der Waals surface area contributed by atoms with Crippen molar-refractivity contribution in [2.24, 2.45) is 5.92 Å². The first-order chi connectivity index (χ1) is 14.8. The molecular formula is C22H21ClFN3O4. The van der Waals surface area contributed by atoms with Crippen LogP contribution < -0.4 is 10.7 Å². The molecule has 2 aromatic rings. The Morgan fingerprint density at radius 1 is 1.32 bits per heavy atom. The zero-order valence-corrected chi connectivity index (χ0v) is 17.6. The Bertz CT molecular complexity index is 1190. The summed E-state index contributed by atoms with van der Waals surface area (Å²) in [5, 5.41) is 13.2. The molecule has 1 aliphatic carbocycles. The number of nitrogens with zero attached hydrogens (tertiary/aromatic N) is 2. The van der Waals surface area contributed by atoms with E-state index >= 15 is 0 Å². The molecule has 7 nitrogen and oxygen atoms in total. The molecule has 162 valence electrons. The van der Waals surface area contributed by atoms with Crippen molar-refractivity contribution in [2.75, 3.05) is 0 Å². The SMILES string of the molecule is Cc1ccc(Cl)c(CNC(=O)c2cn3c(c(O)c2=O)C(=O)N2[C@H]4CC[C@H](C4)[C@@H]2C3)c1F. The molecule has 0 radical (unpaired) electrons. The third-order valence-corrected chi connectivity index (χ3v) is 7.22. The van der Waals surface area contributed by atoms with Gasteiger partial charge in [-0.1, -0.05) is 17.7 Å². The Labute approximate surface area is 182 Å². The minimum absolute atomic E-state index is 0.0109. The van der Waals surface area contributed by atoms with Crippen molar-refractivity contribution in [2.45, 2.75) is 51.4 Å². The summed E-state index contributed by atoms with van der Waals surface area (Å²) < 4.78 is 15.9. The number of aromatic nitrogens is 1. The standard InChI is InChI=1S/C22H21ClFN3O4/c1-10-2-5-15(23)13(17(10)24)7-25-21(30)14-8-26-9-16-11-3-4-12(6-11)27(16)22(31)18(26)20(29)19(14)28/h2,5,8,11-12,16,29H,3-4,6-7,9H2,1H3,(H,25,30)/t11-,12+,16+/m1/s1. The van der Waals surface area contributed by atoms with Crippen LogP contribution in [0.25, 0.3) is 0 Å². The summed E-state index contributed by atoms with van der Waals surface area (Å²) >= 11 is 6.04. The van der Waals surface area contributed by atoms with Gasteiger partial charge in [0, 0.05) is 35.9 Å². The zero-order valence-electron chi connectivity index (χ0n) is 16.8. The molecule has 1 aromatic carbocycles. The number of carbonyl (C=O) groups excluding carboxylic acids is 2. The summed E-state index contributed by atoms with van der Waals surface area (Å²) in [7, 11) is 0. The summed E-state index contributed by atoms with van der Waals surface area (Å²) in [6, 6.07) is 3.24. The van der Waals surface area contributed by atoms with E-state index < -0.39 is 22.9 Å². The summed E-state index contributed by atoms with van der Waals surface area (Å²) in [5.41, 5.74) is -0.789. The van der Waals surface area contributed by atoms with Crippen LogP contribution in [0.2, 0.25) is 5.02 Å². The van der Waals surface area contributed by atoms with Crippen LogP contribution in [0.1, 0.15) is 51.2 Å². The Balaban J connectivity index is 1.45. The molecule has 2 amide bonds. The van der Waals surface area contributed by atoms with Gasteiger partial charge in [-0.3, -0.25) is 14.4 Å². The van der Waals surface area contributed by atoms with Gasteiger partial charge in [-0.2, -0.15) is 0 Å². The molecule has 2 N–H and O–H groups in total. The highest BCUT2D eigenvalue weighted by molar-refractivity contribution is 6.31. The Morgan fingerprint density at radius 2 is 2.10 bits per heavy atom. The fraction of sp³-hybridized carbons (Fsp3) is 0.409. The van der Waals surface area contributed by atoms with Gasteiger partial charge in [0.2, 0.25) is 5.43 Å². The van der Waals surface area contributed by atoms with Gasteiger partial charge in [-0.15, -0.1) is 0 Å². The number of carbonyl (C=O) groups is 2. The predicted octanol–water partition coefficient (Wildman–Crippen LogP) is 2.59. The van der Waals surface area contributed by atoms with Gasteiger partial charge < -0.3 is 19.9 Å². The van der Waals surface area contributed by atoms with Gasteiger partial charge in [0.1, 0.15) is 11.4 Å². The molecule has 2 bridgehead atoms. The van der Waals surface area contributed by atoms with E-state index in [9.17, 15) is 23.9 Å². The lowest BCUT2D eigenvalue weighted by Crippen LogP contribution is -2.52. The largest absolute Gasteiger partial charge is 0.503 e. The minimum Gasteiger partial charge on any atom is -0.503 e. The quantitative estimate of drug-likeness (QED) is 0.759. The second-order valence-corrected chi connectivity index (χ2v) is 8.97. The molecule has 5 rings (SSSR count). The van der Waals surface area contributed by atoms with E-state index in [-0.39, 0.29) is 46.4 Å². The number of piperidine rings is 1. The summed E-state index contributed by atoms with van der Waals surface area (Å²) in [6.45, 7) is 1.79. The monoisotopic (exact) mass is 445 g/mol. The van der Waals surface area contributed by atoms with E-state index in [0.29, 0.717) is 18.0 Å². The van der Waals surface area contributed by atoms with E-state index in [0.717, 1.165) is 19.3 Å². The predicted molar refractivity (Wildman–Crippen MR) is 111 cm³/mol. The maximum atomic E-state index is 14.3. The van der Waals surface area contributed by atoms with Crippen LogP contribution in [-0.2, 0) is 13.1 Å². The molecule has 3 heterocycles. The topological polar surface area (TPSA) is 91.6 Å². The highest BCUT2D eigenvalue weighted by Gasteiger charge is 2.51. The van der Waals surface area contributed by atoms with Crippen molar-refractivity contribution >= 4 is 23.4 Å². The van der Waals surface area contributed by atoms with Gasteiger partial charge in [-0.05, 0) is 43.7 Å². The first-order valence-electron chi connectivity index (χ1n) is 10.3. The van der Waals surface area contributed by atoms with Crippen molar-refractivity contribution in [3.05, 3.63) is 61.8 Å². The first kappa shape index (κ1) is 20.1. The number of fused-ring (bicyclic) bond motifs is 6. The Morgan fingerprint density at radius 3 is 2.87 bits per heavy atom. The third-order valence-electron chi connectivity index (χ3n) is 6.87. The number of rotatable bonds is 3. The summed E-state index contributed by atoms with van der Waals surface area (Å²) in [4.78, 5) is 40.2.